The summed E-state index contributed by atoms with van der Waals surface area (Å²) in [5.74, 6) is -0.786. The van der Waals surface area contributed by atoms with Crippen LogP contribution in [0.25, 0.3) is 0 Å². The Morgan fingerprint density at radius 1 is 1.15 bits per heavy atom. The number of ketones is 1. The molecule has 1 amide bonds. The summed E-state index contributed by atoms with van der Waals surface area (Å²) in [4.78, 5) is 32.2. The van der Waals surface area contributed by atoms with E-state index in [1.165, 1.54) is 6.20 Å². The monoisotopic (exact) mass is 364 g/mol. The van der Waals surface area contributed by atoms with Gasteiger partial charge in [-0.3, -0.25) is 14.6 Å². The van der Waals surface area contributed by atoms with Gasteiger partial charge >= 0.3 is 0 Å². The van der Waals surface area contributed by atoms with Gasteiger partial charge in [-0.15, -0.1) is 11.3 Å². The smallest absolute Gasteiger partial charge is 0.264 e. The van der Waals surface area contributed by atoms with Gasteiger partial charge in [-0.25, -0.2) is 0 Å². The highest BCUT2D eigenvalue weighted by atomic mass is 32.1. The molecule has 0 bridgehead atoms. The summed E-state index contributed by atoms with van der Waals surface area (Å²) in [6, 6.07) is 14.2. The Kier molecular flexibility index (Phi) is 4.14. The molecule has 0 saturated carbocycles. The summed E-state index contributed by atoms with van der Waals surface area (Å²) in [5, 5.41) is 13.2. The zero-order chi connectivity index (χ0) is 18.1. The molecule has 6 heteroatoms. The molecule has 130 valence electrons. The molecule has 1 unspecified atom stereocenters. The van der Waals surface area contributed by atoms with Gasteiger partial charge in [-0.05, 0) is 29.6 Å². The molecule has 2 aromatic heterocycles. The molecule has 5 nitrogen and oxygen atoms in total. The molecule has 1 aliphatic rings. The highest BCUT2D eigenvalue weighted by Gasteiger charge is 2.50. The number of thiophene rings is 1. The molecule has 1 atom stereocenters. The second-order valence-corrected chi connectivity index (χ2v) is 7.22. The van der Waals surface area contributed by atoms with Crippen LogP contribution in [0.3, 0.4) is 0 Å². The van der Waals surface area contributed by atoms with Crippen LogP contribution in [0.5, 0.6) is 0 Å². The first kappa shape index (κ1) is 16.6. The van der Waals surface area contributed by atoms with Gasteiger partial charge in [-0.1, -0.05) is 24.3 Å². The van der Waals surface area contributed by atoms with Crippen LogP contribution in [0.4, 0.5) is 5.69 Å². The largest absolute Gasteiger partial charge is 0.375 e. The fourth-order valence-electron chi connectivity index (χ4n) is 3.25. The van der Waals surface area contributed by atoms with Crippen molar-refractivity contribution in [2.45, 2.75) is 18.6 Å². The average molecular weight is 364 g/mol. The van der Waals surface area contributed by atoms with E-state index in [-0.39, 0.29) is 12.2 Å². The van der Waals surface area contributed by atoms with Crippen molar-refractivity contribution in [2.75, 3.05) is 4.90 Å². The van der Waals surface area contributed by atoms with Crippen molar-refractivity contribution in [1.82, 2.24) is 4.98 Å². The highest BCUT2D eigenvalue weighted by molar-refractivity contribution is 7.09. The van der Waals surface area contributed by atoms with Crippen LogP contribution in [-0.4, -0.2) is 21.8 Å². The van der Waals surface area contributed by atoms with Crippen molar-refractivity contribution in [3.05, 3.63) is 82.3 Å². The van der Waals surface area contributed by atoms with Crippen LogP contribution in [0.15, 0.2) is 66.3 Å². The van der Waals surface area contributed by atoms with E-state index >= 15 is 0 Å². The van der Waals surface area contributed by atoms with Gasteiger partial charge in [0.25, 0.3) is 5.91 Å². The fraction of sp³-hybridized carbons (Fsp3) is 0.150. The predicted octanol–water partition coefficient (Wildman–Crippen LogP) is 3.15. The summed E-state index contributed by atoms with van der Waals surface area (Å²) in [7, 11) is 0. The third kappa shape index (κ3) is 2.73. The van der Waals surface area contributed by atoms with Crippen molar-refractivity contribution in [1.29, 1.82) is 0 Å². The molecule has 0 spiro atoms. The molecule has 0 saturated heterocycles. The predicted molar refractivity (Wildman–Crippen MR) is 99.0 cm³/mol. The number of anilines is 1. The molecule has 0 fully saturated rings. The van der Waals surface area contributed by atoms with Crippen molar-refractivity contribution in [2.24, 2.45) is 0 Å². The Balaban J connectivity index is 1.69. The minimum absolute atomic E-state index is 0.310. The standard InChI is InChI=1S/C20H16N2O3S/c23-18(14-5-3-9-21-12-14)11-20(25)16-7-1-2-8-17(16)22(19(20)24)13-15-6-4-10-26-15/h1-10,12,25H,11,13H2. The highest BCUT2D eigenvalue weighted by Crippen LogP contribution is 2.43. The van der Waals surface area contributed by atoms with Crippen LogP contribution in [-0.2, 0) is 16.9 Å². The van der Waals surface area contributed by atoms with Crippen LogP contribution in [0.1, 0.15) is 27.2 Å². The quantitative estimate of drug-likeness (QED) is 0.706. The van der Waals surface area contributed by atoms with E-state index in [1.54, 1.807) is 52.8 Å². The zero-order valence-corrected chi connectivity index (χ0v) is 14.6. The number of nitrogens with zero attached hydrogens (tertiary/aromatic N) is 2. The van der Waals surface area contributed by atoms with Crippen molar-refractivity contribution >= 4 is 28.7 Å². The van der Waals surface area contributed by atoms with E-state index in [4.69, 9.17) is 0 Å². The summed E-state index contributed by atoms with van der Waals surface area (Å²) >= 11 is 1.55. The van der Waals surface area contributed by atoms with Crippen LogP contribution in [0.2, 0.25) is 0 Å². The molecular formula is C20H16N2O3S. The number of carbonyl (C=O) groups is 2. The van der Waals surface area contributed by atoms with E-state index in [2.05, 4.69) is 4.98 Å². The zero-order valence-electron chi connectivity index (χ0n) is 13.8. The van der Waals surface area contributed by atoms with Crippen LogP contribution >= 0.6 is 11.3 Å². The molecule has 4 rings (SSSR count). The Morgan fingerprint density at radius 3 is 2.73 bits per heavy atom. The lowest BCUT2D eigenvalue weighted by atomic mass is 9.88. The van der Waals surface area contributed by atoms with Crippen LogP contribution in [0, 0.1) is 0 Å². The van der Waals surface area contributed by atoms with Crippen molar-refractivity contribution < 1.29 is 14.7 Å². The molecule has 3 heterocycles. The normalized spacial score (nSPS) is 18.8. The number of amides is 1. The summed E-state index contributed by atoms with van der Waals surface area (Å²) < 4.78 is 0. The van der Waals surface area contributed by atoms with Gasteiger partial charge in [0.15, 0.2) is 11.4 Å². The van der Waals surface area contributed by atoms with Crippen molar-refractivity contribution in [3.63, 3.8) is 0 Å². The molecule has 0 aliphatic carbocycles. The lowest BCUT2D eigenvalue weighted by molar-refractivity contribution is -0.136. The van der Waals surface area contributed by atoms with Gasteiger partial charge in [0.05, 0.1) is 18.7 Å². The molecule has 1 aromatic carbocycles. The van der Waals surface area contributed by atoms with Gasteiger partial charge in [0.1, 0.15) is 0 Å². The number of aromatic nitrogens is 1. The number of hydrogen-bond acceptors (Lipinski definition) is 5. The third-order valence-electron chi connectivity index (χ3n) is 4.53. The topological polar surface area (TPSA) is 70.5 Å². The maximum absolute atomic E-state index is 13.1. The van der Waals surface area contributed by atoms with Gasteiger partial charge in [-0.2, -0.15) is 0 Å². The summed E-state index contributed by atoms with van der Waals surface area (Å²) in [5.41, 5.74) is -0.366. The molecule has 1 aliphatic heterocycles. The number of para-hydroxylation sites is 1. The number of benzene rings is 1. The molecule has 1 N–H and O–H groups in total. The first-order valence-electron chi connectivity index (χ1n) is 8.19. The maximum Gasteiger partial charge on any atom is 0.264 e. The molecule has 3 aromatic rings. The van der Waals surface area contributed by atoms with Crippen LogP contribution < -0.4 is 4.90 Å². The molecular weight excluding hydrogens is 348 g/mol. The summed E-state index contributed by atoms with van der Waals surface area (Å²) in [6.45, 7) is 0.372. The lowest BCUT2D eigenvalue weighted by Gasteiger charge is -2.22. The van der Waals surface area contributed by atoms with Gasteiger partial charge in [0.2, 0.25) is 0 Å². The van der Waals surface area contributed by atoms with E-state index in [0.29, 0.717) is 23.4 Å². The third-order valence-corrected chi connectivity index (χ3v) is 5.39. The number of carbonyl (C=O) groups excluding carboxylic acids is 2. The van der Waals surface area contributed by atoms with Gasteiger partial charge in [0, 0.05) is 28.4 Å². The lowest BCUT2D eigenvalue weighted by Crippen LogP contribution is -2.41. The SMILES string of the molecule is O=C(CC1(O)C(=O)N(Cc2cccs2)c2ccccc21)c1cccnc1. The first-order chi connectivity index (χ1) is 12.6. The van der Waals surface area contributed by atoms with E-state index < -0.39 is 11.5 Å². The molecule has 26 heavy (non-hydrogen) atoms. The number of hydrogen-bond donors (Lipinski definition) is 1. The number of rotatable bonds is 5. The second-order valence-electron chi connectivity index (χ2n) is 6.19. The number of Topliss-reactive ketones (excluding diaryl/α,β-unsaturated/α-hetero) is 1. The minimum atomic E-state index is -1.86. The fourth-order valence-corrected chi connectivity index (χ4v) is 3.95. The number of fused-ring (bicyclic) bond motifs is 1. The Bertz CT molecular complexity index is 956. The first-order valence-corrected chi connectivity index (χ1v) is 9.07. The number of pyridine rings is 1. The Morgan fingerprint density at radius 2 is 2.00 bits per heavy atom. The Labute approximate surface area is 154 Å². The van der Waals surface area contributed by atoms with E-state index in [9.17, 15) is 14.7 Å². The second kappa shape index (κ2) is 6.48. The number of aliphatic hydroxyl groups is 1. The van der Waals surface area contributed by atoms with E-state index in [0.717, 1.165) is 4.88 Å². The van der Waals surface area contributed by atoms with E-state index in [1.807, 2.05) is 23.6 Å². The maximum atomic E-state index is 13.1. The molecule has 0 radical (unpaired) electrons. The van der Waals surface area contributed by atoms with Crippen molar-refractivity contribution in [3.8, 4) is 0 Å². The minimum Gasteiger partial charge on any atom is -0.375 e. The van der Waals surface area contributed by atoms with Gasteiger partial charge < -0.3 is 10.0 Å². The summed E-state index contributed by atoms with van der Waals surface area (Å²) in [6.07, 6.45) is 2.71. The average Bonchev–Trinajstić information content (AvgIpc) is 3.25. The Hall–Kier alpha value is -2.83.